The lowest BCUT2D eigenvalue weighted by Crippen LogP contribution is -2.43. The summed E-state index contributed by atoms with van der Waals surface area (Å²) in [6.07, 6.45) is -4.24. The van der Waals surface area contributed by atoms with E-state index < -0.39 is 24.8 Å². The lowest BCUT2D eigenvalue weighted by Gasteiger charge is -2.34. The number of benzene rings is 1. The van der Waals surface area contributed by atoms with Crippen molar-refractivity contribution in [2.75, 3.05) is 13.1 Å². The van der Waals surface area contributed by atoms with E-state index in [2.05, 4.69) is 0 Å². The first-order valence-electron chi connectivity index (χ1n) is 6.06. The van der Waals surface area contributed by atoms with Gasteiger partial charge in [0.15, 0.2) is 0 Å². The molecule has 0 aliphatic carbocycles. The van der Waals surface area contributed by atoms with Crippen LogP contribution < -0.4 is 5.73 Å². The summed E-state index contributed by atoms with van der Waals surface area (Å²) in [5, 5.41) is 0.547. The molecule has 0 heterocycles. The van der Waals surface area contributed by atoms with E-state index in [-0.39, 0.29) is 6.54 Å². The van der Waals surface area contributed by atoms with E-state index in [1.807, 2.05) is 0 Å². The highest BCUT2D eigenvalue weighted by atomic mass is 35.5. The molecule has 0 saturated carbocycles. The third kappa shape index (κ3) is 5.01. The van der Waals surface area contributed by atoms with Gasteiger partial charge in [-0.25, -0.2) is 0 Å². The Morgan fingerprint density at radius 1 is 1.26 bits per heavy atom. The van der Waals surface area contributed by atoms with E-state index in [0.29, 0.717) is 5.02 Å². The van der Waals surface area contributed by atoms with Crippen LogP contribution in [0.2, 0.25) is 5.02 Å². The summed E-state index contributed by atoms with van der Waals surface area (Å²) in [6.45, 7) is 2.70. The summed E-state index contributed by atoms with van der Waals surface area (Å²) >= 11 is 5.79. The van der Waals surface area contributed by atoms with E-state index >= 15 is 0 Å². The highest BCUT2D eigenvalue weighted by Gasteiger charge is 2.34. The van der Waals surface area contributed by atoms with Crippen LogP contribution in [-0.4, -0.2) is 30.2 Å². The lowest BCUT2D eigenvalue weighted by atomic mass is 9.99. The summed E-state index contributed by atoms with van der Waals surface area (Å²) in [7, 11) is 0. The van der Waals surface area contributed by atoms with Crippen molar-refractivity contribution in [3.05, 3.63) is 34.9 Å². The number of hydrogen-bond donors (Lipinski definition) is 1. The van der Waals surface area contributed by atoms with Gasteiger partial charge in [0.05, 0.1) is 6.54 Å². The van der Waals surface area contributed by atoms with Gasteiger partial charge in [-0.15, -0.1) is 0 Å². The Morgan fingerprint density at radius 2 is 1.79 bits per heavy atom. The number of hydrogen-bond acceptors (Lipinski definition) is 2. The fraction of sp³-hybridized carbons (Fsp3) is 0.538. The van der Waals surface area contributed by atoms with Crippen molar-refractivity contribution in [3.63, 3.8) is 0 Å². The molecule has 2 unspecified atom stereocenters. The molecule has 1 aromatic rings. The summed E-state index contributed by atoms with van der Waals surface area (Å²) in [4.78, 5) is 1.33. The molecule has 1 rings (SSSR count). The number of alkyl halides is 3. The van der Waals surface area contributed by atoms with Crippen LogP contribution in [0.5, 0.6) is 0 Å². The molecule has 0 aliphatic heterocycles. The molecule has 0 saturated heterocycles. The maximum absolute atomic E-state index is 12.6. The molecule has 108 valence electrons. The van der Waals surface area contributed by atoms with Crippen LogP contribution in [0.4, 0.5) is 13.2 Å². The van der Waals surface area contributed by atoms with E-state index in [1.54, 1.807) is 38.1 Å². The molecule has 2 atom stereocenters. The zero-order valence-electron chi connectivity index (χ0n) is 10.9. The van der Waals surface area contributed by atoms with E-state index in [1.165, 1.54) is 4.90 Å². The van der Waals surface area contributed by atoms with Gasteiger partial charge in [0.1, 0.15) is 0 Å². The van der Waals surface area contributed by atoms with Crippen molar-refractivity contribution in [2.24, 2.45) is 5.73 Å². The summed E-state index contributed by atoms with van der Waals surface area (Å²) < 4.78 is 37.8. The van der Waals surface area contributed by atoms with Gasteiger partial charge in [-0.2, -0.15) is 13.2 Å². The van der Waals surface area contributed by atoms with Crippen LogP contribution in [-0.2, 0) is 0 Å². The molecule has 6 heteroatoms. The van der Waals surface area contributed by atoms with Crippen LogP contribution >= 0.6 is 11.6 Å². The third-order valence-corrected chi connectivity index (χ3v) is 3.14. The molecule has 0 fully saturated rings. The molecule has 2 N–H and O–H groups in total. The zero-order valence-corrected chi connectivity index (χ0v) is 11.7. The molecular weight excluding hydrogens is 277 g/mol. The number of halogens is 4. The van der Waals surface area contributed by atoms with E-state index in [9.17, 15) is 13.2 Å². The van der Waals surface area contributed by atoms with Crippen LogP contribution in [0, 0.1) is 0 Å². The first-order chi connectivity index (χ1) is 8.74. The summed E-state index contributed by atoms with van der Waals surface area (Å²) in [5.74, 6) is 0. The van der Waals surface area contributed by atoms with Gasteiger partial charge >= 0.3 is 6.18 Å². The van der Waals surface area contributed by atoms with Gasteiger partial charge in [0.25, 0.3) is 0 Å². The Labute approximate surface area is 116 Å². The average molecular weight is 295 g/mol. The van der Waals surface area contributed by atoms with Crippen molar-refractivity contribution in [1.82, 2.24) is 4.90 Å². The standard InChI is InChI=1S/C13H18ClF3N2/c1-3-19(8-13(15,16)17)12(9(2)18)10-4-6-11(14)7-5-10/h4-7,9,12H,3,8,18H2,1-2H3. The minimum absolute atomic E-state index is 0.272. The monoisotopic (exact) mass is 294 g/mol. The second kappa shape index (κ2) is 6.59. The molecule has 0 aliphatic rings. The van der Waals surface area contributed by atoms with Gasteiger partial charge in [-0.1, -0.05) is 30.7 Å². The van der Waals surface area contributed by atoms with Crippen LogP contribution in [0.3, 0.4) is 0 Å². The molecule has 0 radical (unpaired) electrons. The highest BCUT2D eigenvalue weighted by Crippen LogP contribution is 2.28. The Bertz CT molecular complexity index is 390. The second-order valence-electron chi connectivity index (χ2n) is 4.53. The normalized spacial score (nSPS) is 15.6. The molecule has 0 spiro atoms. The second-order valence-corrected chi connectivity index (χ2v) is 4.97. The predicted molar refractivity (Wildman–Crippen MR) is 71.1 cm³/mol. The minimum atomic E-state index is -4.24. The fourth-order valence-corrected chi connectivity index (χ4v) is 2.27. The van der Waals surface area contributed by atoms with Gasteiger partial charge in [-0.3, -0.25) is 4.90 Å². The van der Waals surface area contributed by atoms with Gasteiger partial charge in [-0.05, 0) is 31.2 Å². The Morgan fingerprint density at radius 3 is 2.16 bits per heavy atom. The summed E-state index contributed by atoms with van der Waals surface area (Å²) in [6, 6.07) is 5.86. The molecule has 0 amide bonds. The molecule has 0 bridgehead atoms. The van der Waals surface area contributed by atoms with E-state index in [4.69, 9.17) is 17.3 Å². The number of nitrogens with two attached hydrogens (primary N) is 1. The van der Waals surface area contributed by atoms with Crippen molar-refractivity contribution < 1.29 is 13.2 Å². The largest absolute Gasteiger partial charge is 0.401 e. The average Bonchev–Trinajstić information content (AvgIpc) is 2.28. The SMILES string of the molecule is CCN(CC(F)(F)F)C(c1ccc(Cl)cc1)C(C)N. The maximum atomic E-state index is 12.6. The lowest BCUT2D eigenvalue weighted by molar-refractivity contribution is -0.151. The Kier molecular flexibility index (Phi) is 5.64. The Balaban J connectivity index is 3.01. The van der Waals surface area contributed by atoms with Crippen LogP contribution in [0.1, 0.15) is 25.5 Å². The van der Waals surface area contributed by atoms with Gasteiger partial charge in [0.2, 0.25) is 0 Å². The zero-order chi connectivity index (χ0) is 14.6. The molecule has 2 nitrogen and oxygen atoms in total. The third-order valence-electron chi connectivity index (χ3n) is 2.89. The first-order valence-corrected chi connectivity index (χ1v) is 6.44. The summed E-state index contributed by atoms with van der Waals surface area (Å²) in [5.41, 5.74) is 6.60. The topological polar surface area (TPSA) is 29.3 Å². The minimum Gasteiger partial charge on any atom is -0.326 e. The number of rotatable bonds is 5. The quantitative estimate of drug-likeness (QED) is 0.899. The van der Waals surface area contributed by atoms with Crippen molar-refractivity contribution in [3.8, 4) is 0 Å². The maximum Gasteiger partial charge on any atom is 0.401 e. The molecular formula is C13H18ClF3N2. The van der Waals surface area contributed by atoms with Crippen molar-refractivity contribution in [1.29, 1.82) is 0 Å². The highest BCUT2D eigenvalue weighted by molar-refractivity contribution is 6.30. The molecule has 0 aromatic heterocycles. The predicted octanol–water partition coefficient (Wildman–Crippen LogP) is 3.61. The van der Waals surface area contributed by atoms with Crippen molar-refractivity contribution in [2.45, 2.75) is 32.1 Å². The van der Waals surface area contributed by atoms with Gasteiger partial charge < -0.3 is 5.73 Å². The number of likely N-dealkylation sites (N-methyl/N-ethyl adjacent to an activating group) is 1. The molecule has 1 aromatic carbocycles. The Hall–Kier alpha value is -0.780. The molecule has 19 heavy (non-hydrogen) atoms. The smallest absolute Gasteiger partial charge is 0.326 e. The van der Waals surface area contributed by atoms with Gasteiger partial charge in [0, 0.05) is 17.1 Å². The fourth-order valence-electron chi connectivity index (χ4n) is 2.14. The van der Waals surface area contributed by atoms with Crippen LogP contribution in [0.15, 0.2) is 24.3 Å². The van der Waals surface area contributed by atoms with Crippen LogP contribution in [0.25, 0.3) is 0 Å². The first kappa shape index (κ1) is 16.3. The number of nitrogens with zero attached hydrogens (tertiary/aromatic N) is 1. The van der Waals surface area contributed by atoms with Crippen molar-refractivity contribution >= 4 is 11.6 Å². The van der Waals surface area contributed by atoms with E-state index in [0.717, 1.165) is 5.56 Å².